The lowest BCUT2D eigenvalue weighted by molar-refractivity contribution is -0.384. The zero-order chi connectivity index (χ0) is 19.4. The molecule has 1 aliphatic carbocycles. The molecule has 0 spiro atoms. The molecule has 2 amide bonds. The summed E-state index contributed by atoms with van der Waals surface area (Å²) in [4.78, 5) is 36.5. The van der Waals surface area contributed by atoms with Crippen LogP contribution >= 0.6 is 12.4 Å². The number of nitrogens with zero attached hydrogens (tertiary/aromatic N) is 2. The molecular weight excluding hydrogens is 388 g/mol. The Morgan fingerprint density at radius 3 is 2.71 bits per heavy atom. The van der Waals surface area contributed by atoms with Gasteiger partial charge in [-0.2, -0.15) is 0 Å². The third kappa shape index (κ3) is 4.90. The number of rotatable bonds is 6. The summed E-state index contributed by atoms with van der Waals surface area (Å²) in [5.74, 6) is -0.0547. The van der Waals surface area contributed by atoms with E-state index < -0.39 is 10.8 Å². The summed E-state index contributed by atoms with van der Waals surface area (Å²) in [6.07, 6.45) is 5.55. The van der Waals surface area contributed by atoms with Crippen LogP contribution in [0.1, 0.15) is 32.1 Å². The summed E-state index contributed by atoms with van der Waals surface area (Å²) in [5, 5.41) is 14.0. The van der Waals surface area contributed by atoms with E-state index >= 15 is 0 Å². The SMILES string of the molecule is Cl.NCC(NC(=O)CN1C(=O)COc2ccc([N+](=O)[O-])cc21)C1CCCCC1. The van der Waals surface area contributed by atoms with E-state index in [0.717, 1.165) is 25.7 Å². The van der Waals surface area contributed by atoms with E-state index in [1.807, 2.05) is 0 Å². The maximum atomic E-state index is 12.6. The van der Waals surface area contributed by atoms with Gasteiger partial charge in [0.25, 0.3) is 11.6 Å². The Labute approximate surface area is 169 Å². The highest BCUT2D eigenvalue weighted by atomic mass is 35.5. The van der Waals surface area contributed by atoms with Gasteiger partial charge in [0.15, 0.2) is 6.61 Å². The molecule has 0 aromatic heterocycles. The maximum absolute atomic E-state index is 12.6. The summed E-state index contributed by atoms with van der Waals surface area (Å²) < 4.78 is 5.31. The molecule has 10 heteroatoms. The number of anilines is 1. The van der Waals surface area contributed by atoms with E-state index in [-0.39, 0.29) is 48.9 Å². The number of halogens is 1. The molecule has 1 fully saturated rings. The van der Waals surface area contributed by atoms with Crippen LogP contribution in [0.3, 0.4) is 0 Å². The summed E-state index contributed by atoms with van der Waals surface area (Å²) in [7, 11) is 0. The highest BCUT2D eigenvalue weighted by Gasteiger charge is 2.30. The zero-order valence-electron chi connectivity index (χ0n) is 15.5. The quantitative estimate of drug-likeness (QED) is 0.541. The van der Waals surface area contributed by atoms with Crippen LogP contribution in [0.2, 0.25) is 0 Å². The topological polar surface area (TPSA) is 128 Å². The van der Waals surface area contributed by atoms with Crippen molar-refractivity contribution in [1.82, 2.24) is 5.32 Å². The van der Waals surface area contributed by atoms with Gasteiger partial charge in [-0.3, -0.25) is 24.6 Å². The van der Waals surface area contributed by atoms with E-state index in [0.29, 0.717) is 18.2 Å². The maximum Gasteiger partial charge on any atom is 0.271 e. The molecule has 154 valence electrons. The predicted molar refractivity (Wildman–Crippen MR) is 106 cm³/mol. The van der Waals surface area contributed by atoms with Crippen LogP contribution in [-0.4, -0.2) is 42.5 Å². The third-order valence-electron chi connectivity index (χ3n) is 5.22. The van der Waals surface area contributed by atoms with Crippen LogP contribution in [0.4, 0.5) is 11.4 Å². The minimum Gasteiger partial charge on any atom is -0.482 e. The summed E-state index contributed by atoms with van der Waals surface area (Å²) >= 11 is 0. The Morgan fingerprint density at radius 2 is 2.07 bits per heavy atom. The zero-order valence-corrected chi connectivity index (χ0v) is 16.3. The molecule has 28 heavy (non-hydrogen) atoms. The first-order valence-electron chi connectivity index (χ1n) is 9.20. The fraction of sp³-hybridized carbons (Fsp3) is 0.556. The molecule has 1 aromatic carbocycles. The van der Waals surface area contributed by atoms with Crippen molar-refractivity contribution in [2.75, 3.05) is 24.6 Å². The van der Waals surface area contributed by atoms with Gasteiger partial charge in [-0.15, -0.1) is 12.4 Å². The van der Waals surface area contributed by atoms with E-state index in [1.54, 1.807) is 0 Å². The number of amides is 2. The predicted octanol–water partition coefficient (Wildman–Crippen LogP) is 1.77. The van der Waals surface area contributed by atoms with Crippen LogP contribution in [0.5, 0.6) is 5.75 Å². The number of carbonyl (C=O) groups is 2. The average molecular weight is 413 g/mol. The van der Waals surface area contributed by atoms with Crippen LogP contribution in [0, 0.1) is 16.0 Å². The number of nitrogens with two attached hydrogens (primary N) is 1. The molecule has 3 rings (SSSR count). The highest BCUT2D eigenvalue weighted by molar-refractivity contribution is 6.02. The Hall–Kier alpha value is -2.39. The summed E-state index contributed by atoms with van der Waals surface area (Å²) in [5.41, 5.74) is 5.92. The van der Waals surface area contributed by atoms with Crippen molar-refractivity contribution in [3.8, 4) is 5.75 Å². The van der Waals surface area contributed by atoms with Gasteiger partial charge in [0.2, 0.25) is 5.91 Å². The Bertz CT molecular complexity index is 739. The third-order valence-corrected chi connectivity index (χ3v) is 5.22. The normalized spacial score (nSPS) is 17.8. The molecule has 3 N–H and O–H groups in total. The fourth-order valence-electron chi connectivity index (χ4n) is 3.78. The number of fused-ring (bicyclic) bond motifs is 1. The Kier molecular flexibility index (Phi) is 7.59. The molecular formula is C18H25ClN4O5. The van der Waals surface area contributed by atoms with Crippen LogP contribution in [0.15, 0.2) is 18.2 Å². The molecule has 9 nitrogen and oxygen atoms in total. The molecule has 1 saturated carbocycles. The van der Waals surface area contributed by atoms with Crippen molar-refractivity contribution >= 4 is 35.6 Å². The Balaban J connectivity index is 0.00000280. The molecule has 1 unspecified atom stereocenters. The van der Waals surface area contributed by atoms with Crippen molar-refractivity contribution in [2.24, 2.45) is 11.7 Å². The second-order valence-electron chi connectivity index (χ2n) is 6.99. The van der Waals surface area contributed by atoms with Crippen LogP contribution in [-0.2, 0) is 9.59 Å². The van der Waals surface area contributed by atoms with Gasteiger partial charge in [-0.05, 0) is 24.8 Å². The first kappa shape index (κ1) is 21.9. The van der Waals surface area contributed by atoms with Gasteiger partial charge in [0, 0.05) is 24.7 Å². The monoisotopic (exact) mass is 412 g/mol. The Morgan fingerprint density at radius 1 is 1.36 bits per heavy atom. The van der Waals surface area contributed by atoms with E-state index in [4.69, 9.17) is 10.5 Å². The standard InChI is InChI=1S/C18H24N4O5.ClH/c19-9-14(12-4-2-1-3-5-12)20-17(23)10-21-15-8-13(22(25)26)6-7-16(15)27-11-18(21)24;/h6-8,12,14H,1-5,9-11,19H2,(H,20,23);1H. The van der Waals surface area contributed by atoms with Gasteiger partial charge in [-0.25, -0.2) is 0 Å². The van der Waals surface area contributed by atoms with Crippen molar-refractivity contribution < 1.29 is 19.2 Å². The summed E-state index contributed by atoms with van der Waals surface area (Å²) in [6, 6.07) is 3.87. The molecule has 2 aliphatic rings. The second-order valence-corrected chi connectivity index (χ2v) is 6.99. The molecule has 0 saturated heterocycles. The largest absolute Gasteiger partial charge is 0.482 e. The first-order valence-corrected chi connectivity index (χ1v) is 9.20. The minimum absolute atomic E-state index is 0. The molecule has 0 bridgehead atoms. The number of hydrogen-bond donors (Lipinski definition) is 2. The van der Waals surface area contributed by atoms with Crippen LogP contribution < -0.4 is 20.7 Å². The minimum atomic E-state index is -0.550. The van der Waals surface area contributed by atoms with Gasteiger partial charge < -0.3 is 15.8 Å². The number of nitro groups is 1. The van der Waals surface area contributed by atoms with Gasteiger partial charge in [-0.1, -0.05) is 19.3 Å². The molecule has 1 atom stereocenters. The second kappa shape index (κ2) is 9.70. The van der Waals surface area contributed by atoms with Gasteiger partial charge >= 0.3 is 0 Å². The number of ether oxygens (including phenoxy) is 1. The van der Waals surface area contributed by atoms with Crippen molar-refractivity contribution in [1.29, 1.82) is 0 Å². The number of carbonyl (C=O) groups excluding carboxylic acids is 2. The van der Waals surface area contributed by atoms with Crippen molar-refractivity contribution in [3.05, 3.63) is 28.3 Å². The average Bonchev–Trinajstić information content (AvgIpc) is 2.68. The van der Waals surface area contributed by atoms with E-state index in [9.17, 15) is 19.7 Å². The molecule has 1 aromatic rings. The lowest BCUT2D eigenvalue weighted by Crippen LogP contribution is -2.51. The molecule has 1 heterocycles. The van der Waals surface area contributed by atoms with Crippen molar-refractivity contribution in [2.45, 2.75) is 38.1 Å². The van der Waals surface area contributed by atoms with Crippen molar-refractivity contribution in [3.63, 3.8) is 0 Å². The fourth-order valence-corrected chi connectivity index (χ4v) is 3.78. The summed E-state index contributed by atoms with van der Waals surface area (Å²) in [6.45, 7) is -0.0872. The molecule has 0 radical (unpaired) electrons. The number of benzene rings is 1. The first-order chi connectivity index (χ1) is 13.0. The number of hydrogen-bond acceptors (Lipinski definition) is 6. The number of nitrogens with one attached hydrogen (secondary N) is 1. The smallest absolute Gasteiger partial charge is 0.271 e. The number of non-ortho nitro benzene ring substituents is 1. The van der Waals surface area contributed by atoms with E-state index in [2.05, 4.69) is 5.32 Å². The molecule has 1 aliphatic heterocycles. The van der Waals surface area contributed by atoms with E-state index in [1.165, 1.54) is 29.5 Å². The van der Waals surface area contributed by atoms with Crippen LogP contribution in [0.25, 0.3) is 0 Å². The lowest BCUT2D eigenvalue weighted by Gasteiger charge is -2.32. The van der Waals surface area contributed by atoms with Gasteiger partial charge in [0.05, 0.1) is 10.6 Å². The lowest BCUT2D eigenvalue weighted by atomic mass is 9.84. The highest BCUT2D eigenvalue weighted by Crippen LogP contribution is 2.35. The van der Waals surface area contributed by atoms with Gasteiger partial charge in [0.1, 0.15) is 12.3 Å². The number of nitro benzene ring substituents is 1.